The maximum atomic E-state index is 12.3. The third-order valence-corrected chi connectivity index (χ3v) is 5.12. The quantitative estimate of drug-likeness (QED) is 0.816. The third-order valence-electron chi connectivity index (χ3n) is 5.12. The van der Waals surface area contributed by atoms with Crippen molar-refractivity contribution in [1.82, 2.24) is 15.1 Å². The van der Waals surface area contributed by atoms with Crippen molar-refractivity contribution in [1.29, 1.82) is 0 Å². The van der Waals surface area contributed by atoms with E-state index in [1.807, 2.05) is 6.92 Å². The first-order chi connectivity index (χ1) is 9.16. The van der Waals surface area contributed by atoms with Crippen molar-refractivity contribution in [3.63, 3.8) is 0 Å². The second-order valence-electron chi connectivity index (χ2n) is 6.62. The number of carbonyl (C=O) groups excluding carboxylic acids is 1. The molecule has 1 saturated heterocycles. The highest BCUT2D eigenvalue weighted by Gasteiger charge is 2.41. The summed E-state index contributed by atoms with van der Waals surface area (Å²) in [5, 5.41) is 3.52. The monoisotopic (exact) mass is 265 g/mol. The molecule has 0 aromatic rings. The van der Waals surface area contributed by atoms with E-state index < -0.39 is 0 Å². The summed E-state index contributed by atoms with van der Waals surface area (Å²) in [6.45, 7) is 3.92. The topological polar surface area (TPSA) is 35.6 Å². The van der Waals surface area contributed by atoms with Crippen LogP contribution in [0.2, 0.25) is 0 Å². The molecule has 1 aliphatic heterocycles. The minimum absolute atomic E-state index is 0.0110. The van der Waals surface area contributed by atoms with E-state index in [-0.39, 0.29) is 6.04 Å². The summed E-state index contributed by atoms with van der Waals surface area (Å²) >= 11 is 0. The Hall–Kier alpha value is -0.610. The summed E-state index contributed by atoms with van der Waals surface area (Å²) in [6.07, 6.45) is 8.22. The molecular weight excluding hydrogens is 238 g/mol. The number of hydrogen-bond acceptors (Lipinski definition) is 3. The Morgan fingerprint density at radius 3 is 2.58 bits per heavy atom. The van der Waals surface area contributed by atoms with Crippen LogP contribution in [0.5, 0.6) is 0 Å². The average Bonchev–Trinajstić information content (AvgIpc) is 3.04. The molecule has 1 amide bonds. The molecular formula is C15H27N3O. The highest BCUT2D eigenvalue weighted by molar-refractivity contribution is 5.84. The van der Waals surface area contributed by atoms with E-state index in [4.69, 9.17) is 0 Å². The smallest absolute Gasteiger partial charge is 0.240 e. The van der Waals surface area contributed by atoms with Crippen LogP contribution in [0.4, 0.5) is 0 Å². The standard InChI is InChI=1S/C15H27N3O/c1-11-15(19)18(10-9-17(2)13-7-8-13)14(16-11)12-5-3-4-6-12/h11-14,16H,3-10H2,1-2H3. The van der Waals surface area contributed by atoms with Crippen molar-refractivity contribution in [3.05, 3.63) is 0 Å². The van der Waals surface area contributed by atoms with E-state index in [0.717, 1.165) is 19.1 Å². The Balaban J connectivity index is 1.59. The molecule has 108 valence electrons. The van der Waals surface area contributed by atoms with Crippen LogP contribution in [0, 0.1) is 5.92 Å². The Bertz CT molecular complexity index is 336. The molecule has 19 heavy (non-hydrogen) atoms. The molecule has 2 atom stereocenters. The van der Waals surface area contributed by atoms with Gasteiger partial charge in [0.15, 0.2) is 0 Å². The van der Waals surface area contributed by atoms with Crippen LogP contribution >= 0.6 is 0 Å². The summed E-state index contributed by atoms with van der Waals surface area (Å²) in [5.74, 6) is 0.987. The van der Waals surface area contributed by atoms with Gasteiger partial charge in [-0.25, -0.2) is 0 Å². The molecule has 0 aromatic carbocycles. The molecule has 3 aliphatic rings. The fraction of sp³-hybridized carbons (Fsp3) is 0.933. The third kappa shape index (κ3) is 2.79. The van der Waals surface area contributed by atoms with Gasteiger partial charge in [0.1, 0.15) is 0 Å². The first-order valence-electron chi connectivity index (χ1n) is 7.93. The van der Waals surface area contributed by atoms with Crippen LogP contribution < -0.4 is 5.32 Å². The lowest BCUT2D eigenvalue weighted by molar-refractivity contribution is -0.130. The first-order valence-corrected chi connectivity index (χ1v) is 7.93. The summed E-state index contributed by atoms with van der Waals surface area (Å²) in [5.41, 5.74) is 0. The Morgan fingerprint density at radius 1 is 1.26 bits per heavy atom. The fourth-order valence-electron chi connectivity index (χ4n) is 3.68. The highest BCUT2D eigenvalue weighted by atomic mass is 16.2. The van der Waals surface area contributed by atoms with Crippen molar-refractivity contribution >= 4 is 5.91 Å². The number of rotatable bonds is 5. The molecule has 2 unspecified atom stereocenters. The molecule has 4 heteroatoms. The Morgan fingerprint density at radius 2 is 1.95 bits per heavy atom. The molecule has 3 rings (SSSR count). The summed E-state index contributed by atoms with van der Waals surface area (Å²) in [4.78, 5) is 16.9. The van der Waals surface area contributed by atoms with E-state index in [2.05, 4.69) is 22.2 Å². The molecule has 0 aromatic heterocycles. The summed E-state index contributed by atoms with van der Waals surface area (Å²) in [7, 11) is 2.19. The number of carbonyl (C=O) groups is 1. The van der Waals surface area contributed by atoms with Gasteiger partial charge < -0.3 is 9.80 Å². The second kappa shape index (κ2) is 5.41. The molecule has 0 bridgehead atoms. The van der Waals surface area contributed by atoms with Gasteiger partial charge in [-0.15, -0.1) is 0 Å². The zero-order valence-electron chi connectivity index (χ0n) is 12.3. The van der Waals surface area contributed by atoms with Gasteiger partial charge in [-0.05, 0) is 45.6 Å². The van der Waals surface area contributed by atoms with Gasteiger partial charge in [0.25, 0.3) is 0 Å². The SMILES string of the molecule is CC1NC(C2CCCC2)N(CCN(C)C2CC2)C1=O. The molecule has 0 radical (unpaired) electrons. The summed E-state index contributed by atoms with van der Waals surface area (Å²) < 4.78 is 0. The zero-order chi connectivity index (χ0) is 13.4. The normalized spacial score (nSPS) is 32.8. The number of hydrogen-bond donors (Lipinski definition) is 1. The lowest BCUT2D eigenvalue weighted by Crippen LogP contribution is -2.45. The van der Waals surface area contributed by atoms with E-state index in [1.54, 1.807) is 0 Å². The number of likely N-dealkylation sites (N-methyl/N-ethyl adjacent to an activating group) is 1. The maximum Gasteiger partial charge on any atom is 0.240 e. The minimum Gasteiger partial charge on any atom is -0.324 e. The number of nitrogens with one attached hydrogen (secondary N) is 1. The molecule has 2 saturated carbocycles. The largest absolute Gasteiger partial charge is 0.324 e. The van der Waals surface area contributed by atoms with Gasteiger partial charge in [-0.1, -0.05) is 12.8 Å². The van der Waals surface area contributed by atoms with Crippen molar-refractivity contribution in [2.45, 2.75) is 63.7 Å². The Kier molecular flexibility index (Phi) is 3.81. The van der Waals surface area contributed by atoms with Crippen molar-refractivity contribution in [2.75, 3.05) is 20.1 Å². The molecule has 0 spiro atoms. The first kappa shape index (κ1) is 13.4. The van der Waals surface area contributed by atoms with E-state index in [9.17, 15) is 4.79 Å². The van der Waals surface area contributed by atoms with E-state index in [1.165, 1.54) is 38.5 Å². The molecule has 1 N–H and O–H groups in total. The van der Waals surface area contributed by atoms with Gasteiger partial charge in [-0.3, -0.25) is 10.1 Å². The lowest BCUT2D eigenvalue weighted by Gasteiger charge is -2.30. The van der Waals surface area contributed by atoms with Crippen LogP contribution in [-0.4, -0.2) is 54.1 Å². The lowest BCUT2D eigenvalue weighted by atomic mass is 10.0. The highest BCUT2D eigenvalue weighted by Crippen LogP contribution is 2.32. The van der Waals surface area contributed by atoms with Crippen LogP contribution in [0.1, 0.15) is 45.4 Å². The number of amides is 1. The van der Waals surface area contributed by atoms with Crippen LogP contribution in [0.3, 0.4) is 0 Å². The molecule has 3 fully saturated rings. The van der Waals surface area contributed by atoms with Gasteiger partial charge >= 0.3 is 0 Å². The Labute approximate surface area is 116 Å². The fourth-order valence-corrected chi connectivity index (χ4v) is 3.68. The van der Waals surface area contributed by atoms with Gasteiger partial charge in [0.2, 0.25) is 5.91 Å². The van der Waals surface area contributed by atoms with Crippen LogP contribution in [0.15, 0.2) is 0 Å². The second-order valence-corrected chi connectivity index (χ2v) is 6.62. The molecule has 1 heterocycles. The molecule has 2 aliphatic carbocycles. The molecule has 4 nitrogen and oxygen atoms in total. The summed E-state index contributed by atoms with van der Waals surface area (Å²) in [6, 6.07) is 0.796. The predicted octanol–water partition coefficient (Wildman–Crippen LogP) is 1.42. The van der Waals surface area contributed by atoms with Crippen LogP contribution in [0.25, 0.3) is 0 Å². The van der Waals surface area contributed by atoms with E-state index >= 15 is 0 Å². The zero-order valence-corrected chi connectivity index (χ0v) is 12.3. The van der Waals surface area contributed by atoms with Gasteiger partial charge in [-0.2, -0.15) is 0 Å². The van der Waals surface area contributed by atoms with Crippen molar-refractivity contribution in [3.8, 4) is 0 Å². The number of nitrogens with zero attached hydrogens (tertiary/aromatic N) is 2. The average molecular weight is 265 g/mol. The van der Waals surface area contributed by atoms with E-state index in [0.29, 0.717) is 18.0 Å². The van der Waals surface area contributed by atoms with Crippen LogP contribution in [-0.2, 0) is 4.79 Å². The van der Waals surface area contributed by atoms with Crippen molar-refractivity contribution < 1.29 is 4.79 Å². The predicted molar refractivity (Wildman–Crippen MR) is 75.7 cm³/mol. The van der Waals surface area contributed by atoms with Crippen molar-refractivity contribution in [2.24, 2.45) is 5.92 Å². The minimum atomic E-state index is 0.0110. The van der Waals surface area contributed by atoms with Gasteiger partial charge in [0.05, 0.1) is 12.2 Å². The maximum absolute atomic E-state index is 12.3. The van der Waals surface area contributed by atoms with Gasteiger partial charge in [0, 0.05) is 19.1 Å².